The molecule has 9 nitrogen and oxygen atoms in total. The van der Waals surface area contributed by atoms with Gasteiger partial charge in [0.2, 0.25) is 0 Å². The number of alkyl halides is 1. The summed E-state index contributed by atoms with van der Waals surface area (Å²) in [6.45, 7) is 2.06. The summed E-state index contributed by atoms with van der Waals surface area (Å²) in [7, 11) is 0. The first-order chi connectivity index (χ1) is 17.4. The lowest BCUT2D eigenvalue weighted by molar-refractivity contribution is -0.384. The van der Waals surface area contributed by atoms with Crippen LogP contribution in [0.1, 0.15) is 49.8 Å². The highest BCUT2D eigenvalue weighted by Crippen LogP contribution is 2.43. The van der Waals surface area contributed by atoms with E-state index in [0.29, 0.717) is 22.6 Å². The molecule has 1 aromatic heterocycles. The molecule has 2 N–H and O–H groups in total. The monoisotopic (exact) mass is 592 g/mol. The highest BCUT2D eigenvalue weighted by molar-refractivity contribution is 14.1. The van der Waals surface area contributed by atoms with Crippen molar-refractivity contribution in [1.82, 2.24) is 20.6 Å². The van der Waals surface area contributed by atoms with E-state index in [0.717, 1.165) is 17.0 Å². The zero-order chi connectivity index (χ0) is 25.2. The van der Waals surface area contributed by atoms with Gasteiger partial charge in [-0.1, -0.05) is 67.6 Å². The Morgan fingerprint density at radius 1 is 1.08 bits per heavy atom. The molecule has 0 bridgehead atoms. The molecule has 1 amide bonds. The van der Waals surface area contributed by atoms with Crippen molar-refractivity contribution in [2.24, 2.45) is 4.99 Å². The number of nitro groups is 1. The van der Waals surface area contributed by atoms with Gasteiger partial charge in [0.1, 0.15) is 9.74 Å². The minimum atomic E-state index is -0.451. The molecule has 0 spiro atoms. The highest BCUT2D eigenvalue weighted by atomic mass is 127. The SMILES string of the molecule is CC(c1ccccc1)c1n[nH]c2c1N=C(c1cccc([N+](=O)[O-])c1)N(NC(=O)c1ccccc1)C2I. The fraction of sp³-hybridized carbons (Fsp3) is 0.115. The second-order valence-electron chi connectivity index (χ2n) is 8.26. The molecule has 2 unspecified atom stereocenters. The molecular formula is C26H21IN6O3. The maximum atomic E-state index is 13.1. The van der Waals surface area contributed by atoms with E-state index in [2.05, 4.69) is 45.1 Å². The van der Waals surface area contributed by atoms with Crippen molar-refractivity contribution in [3.05, 3.63) is 123 Å². The van der Waals surface area contributed by atoms with Gasteiger partial charge in [-0.05, 0) is 40.3 Å². The fourth-order valence-electron chi connectivity index (χ4n) is 4.08. The minimum Gasteiger partial charge on any atom is -0.277 e. The van der Waals surface area contributed by atoms with Gasteiger partial charge >= 0.3 is 0 Å². The molecule has 4 aromatic rings. The summed E-state index contributed by atoms with van der Waals surface area (Å²) in [5.41, 5.74) is 7.09. The van der Waals surface area contributed by atoms with Crippen LogP contribution < -0.4 is 5.43 Å². The van der Waals surface area contributed by atoms with Crippen molar-refractivity contribution in [2.45, 2.75) is 16.9 Å². The number of benzene rings is 3. The van der Waals surface area contributed by atoms with Crippen LogP contribution in [0.3, 0.4) is 0 Å². The quantitative estimate of drug-likeness (QED) is 0.0989. The molecule has 180 valence electrons. The lowest BCUT2D eigenvalue weighted by Crippen LogP contribution is -2.48. The van der Waals surface area contributed by atoms with E-state index in [-0.39, 0.29) is 17.5 Å². The molecule has 0 saturated carbocycles. The van der Waals surface area contributed by atoms with Gasteiger partial charge in [0, 0.05) is 29.2 Å². The molecule has 0 fully saturated rings. The molecule has 0 aliphatic carbocycles. The maximum absolute atomic E-state index is 13.1. The fourth-order valence-corrected chi connectivity index (χ4v) is 4.92. The lowest BCUT2D eigenvalue weighted by atomic mass is 9.96. The van der Waals surface area contributed by atoms with Gasteiger partial charge in [0.05, 0.1) is 16.3 Å². The number of carbonyl (C=O) groups excluding carboxylic acids is 1. The Bertz CT molecular complexity index is 1460. The number of carbonyl (C=O) groups is 1. The summed E-state index contributed by atoms with van der Waals surface area (Å²) in [4.78, 5) is 29.0. The van der Waals surface area contributed by atoms with E-state index in [1.807, 2.05) is 36.4 Å². The molecule has 2 heterocycles. The zero-order valence-electron chi connectivity index (χ0n) is 19.1. The number of hydrogen-bond acceptors (Lipinski definition) is 6. The number of fused-ring (bicyclic) bond motifs is 1. The number of nitrogens with zero attached hydrogens (tertiary/aromatic N) is 4. The van der Waals surface area contributed by atoms with Gasteiger partial charge in [-0.15, -0.1) is 0 Å². The lowest BCUT2D eigenvalue weighted by Gasteiger charge is -2.33. The first-order valence-corrected chi connectivity index (χ1v) is 12.4. The van der Waals surface area contributed by atoms with Gasteiger partial charge in [-0.3, -0.25) is 25.4 Å². The number of aliphatic imine (C=N–C) groups is 1. The van der Waals surface area contributed by atoms with Crippen LogP contribution in [0.15, 0.2) is 89.9 Å². The number of hydrazine groups is 1. The third-order valence-corrected chi connectivity index (χ3v) is 7.17. The Morgan fingerprint density at radius 2 is 1.78 bits per heavy atom. The number of aromatic nitrogens is 2. The van der Waals surface area contributed by atoms with Crippen LogP contribution in [0.5, 0.6) is 0 Å². The number of hydrogen-bond donors (Lipinski definition) is 2. The van der Waals surface area contributed by atoms with E-state index in [1.165, 1.54) is 12.1 Å². The van der Waals surface area contributed by atoms with Gasteiger partial charge < -0.3 is 0 Å². The van der Waals surface area contributed by atoms with Crippen LogP contribution in [0.25, 0.3) is 0 Å². The minimum absolute atomic E-state index is 0.0460. The number of aromatic amines is 1. The molecule has 1 aliphatic rings. The van der Waals surface area contributed by atoms with Crippen LogP contribution >= 0.6 is 22.6 Å². The molecule has 36 heavy (non-hydrogen) atoms. The van der Waals surface area contributed by atoms with E-state index in [9.17, 15) is 14.9 Å². The Kier molecular flexibility index (Phi) is 6.51. The van der Waals surface area contributed by atoms with E-state index >= 15 is 0 Å². The third-order valence-electron chi connectivity index (χ3n) is 5.99. The second kappa shape index (κ2) is 9.90. The van der Waals surface area contributed by atoms with Crippen LogP contribution in [0, 0.1) is 10.1 Å². The number of amides is 1. The van der Waals surface area contributed by atoms with Crippen LogP contribution in [0.2, 0.25) is 0 Å². The number of non-ortho nitro benzene ring substituents is 1. The average molecular weight is 592 g/mol. The molecular weight excluding hydrogens is 571 g/mol. The highest BCUT2D eigenvalue weighted by Gasteiger charge is 2.35. The second-order valence-corrected chi connectivity index (χ2v) is 9.44. The van der Waals surface area contributed by atoms with Crippen LogP contribution in [-0.4, -0.2) is 31.9 Å². The maximum Gasteiger partial charge on any atom is 0.270 e. The van der Waals surface area contributed by atoms with E-state index in [1.54, 1.807) is 41.4 Å². The Labute approximate surface area is 220 Å². The number of H-pyrrole nitrogens is 1. The molecule has 2 atom stereocenters. The summed E-state index contributed by atoms with van der Waals surface area (Å²) >= 11 is 2.20. The molecule has 10 heteroatoms. The van der Waals surface area contributed by atoms with Crippen molar-refractivity contribution < 1.29 is 9.72 Å². The molecule has 1 aliphatic heterocycles. The molecule has 0 saturated heterocycles. The number of rotatable bonds is 6. The normalized spacial score (nSPS) is 15.6. The molecule has 0 radical (unpaired) electrons. The topological polar surface area (TPSA) is 117 Å². The number of nitrogens with one attached hydrogen (secondary N) is 2. The van der Waals surface area contributed by atoms with Gasteiger partial charge in [0.15, 0.2) is 5.84 Å². The van der Waals surface area contributed by atoms with Crippen LogP contribution in [0.4, 0.5) is 11.4 Å². The van der Waals surface area contributed by atoms with Crippen molar-refractivity contribution in [1.29, 1.82) is 0 Å². The number of nitro benzene ring substituents is 1. The largest absolute Gasteiger partial charge is 0.277 e. The summed E-state index contributed by atoms with van der Waals surface area (Å²) < 4.78 is -0.402. The van der Waals surface area contributed by atoms with Gasteiger partial charge in [-0.25, -0.2) is 10.0 Å². The standard InChI is InChI=1S/C26H21IN6O3/c1-16(17-9-4-2-5-10-17)21-22-23(30-29-21)24(27)32(31-26(34)18-11-6-3-7-12-18)25(28-22)19-13-8-14-20(15-19)33(35)36/h2-16,24H,1H3,(H,29,30)(H,31,34). The van der Waals surface area contributed by atoms with E-state index < -0.39 is 8.97 Å². The Hall–Kier alpha value is -4.06. The van der Waals surface area contributed by atoms with Crippen molar-refractivity contribution in [3.63, 3.8) is 0 Å². The predicted octanol–water partition coefficient (Wildman–Crippen LogP) is 5.64. The molecule has 5 rings (SSSR count). The summed E-state index contributed by atoms with van der Waals surface area (Å²) in [6, 6.07) is 25.0. The first kappa shape index (κ1) is 23.7. The smallest absolute Gasteiger partial charge is 0.270 e. The van der Waals surface area contributed by atoms with Crippen LogP contribution in [-0.2, 0) is 0 Å². The van der Waals surface area contributed by atoms with Gasteiger partial charge in [-0.2, -0.15) is 5.10 Å². The number of amidine groups is 1. The Morgan fingerprint density at radius 3 is 2.47 bits per heavy atom. The third kappa shape index (κ3) is 4.47. The van der Waals surface area contributed by atoms with Crippen molar-refractivity contribution >= 4 is 45.7 Å². The summed E-state index contributed by atoms with van der Waals surface area (Å²) in [5.74, 6) is 0.0180. The van der Waals surface area contributed by atoms with E-state index in [4.69, 9.17) is 4.99 Å². The zero-order valence-corrected chi connectivity index (χ0v) is 21.3. The Balaban J connectivity index is 1.61. The first-order valence-electron chi connectivity index (χ1n) is 11.2. The average Bonchev–Trinajstić information content (AvgIpc) is 3.35. The predicted molar refractivity (Wildman–Crippen MR) is 144 cm³/mol. The number of halogens is 1. The van der Waals surface area contributed by atoms with Crippen molar-refractivity contribution in [3.8, 4) is 0 Å². The van der Waals surface area contributed by atoms with Crippen molar-refractivity contribution in [2.75, 3.05) is 0 Å². The summed E-state index contributed by atoms with van der Waals surface area (Å²) in [6.07, 6.45) is 0. The summed E-state index contributed by atoms with van der Waals surface area (Å²) in [5, 5.41) is 20.8. The van der Waals surface area contributed by atoms with Gasteiger partial charge in [0.25, 0.3) is 11.6 Å². The molecule has 3 aromatic carbocycles.